The SMILES string of the molecule is c1ccc(-n2c3ccccc3c3cc4ccccc4c(-c4ccc5c(c4)-c4cccc6cccc(c46)S5)c32)cc1. The molecule has 1 aliphatic heterocycles. The molecular formula is C38H23NS. The Balaban J connectivity index is 1.44. The highest BCUT2D eigenvalue weighted by atomic mass is 32.2. The number of hydrogen-bond acceptors (Lipinski definition) is 1. The first-order chi connectivity index (χ1) is 19.8. The number of aromatic nitrogens is 1. The van der Waals surface area contributed by atoms with Gasteiger partial charge in [-0.1, -0.05) is 109 Å². The van der Waals surface area contributed by atoms with Crippen LogP contribution in [0.2, 0.25) is 0 Å². The van der Waals surface area contributed by atoms with E-state index in [2.05, 4.69) is 144 Å². The maximum absolute atomic E-state index is 2.46. The van der Waals surface area contributed by atoms with Gasteiger partial charge in [0.1, 0.15) is 0 Å². The van der Waals surface area contributed by atoms with Crippen molar-refractivity contribution in [1.29, 1.82) is 0 Å². The molecule has 8 aromatic rings. The molecule has 1 aromatic heterocycles. The standard InChI is InChI=1S/C38H23NS/c1-2-13-27(14-3-1)39-33-18-7-6-16-29(33)32-22-25-10-4-5-15-28(25)37(38(32)39)26-20-21-34-31(23-26)30-17-8-11-24-12-9-19-35(40-34)36(24)30/h1-23H. The van der Waals surface area contributed by atoms with Crippen molar-refractivity contribution in [3.8, 4) is 27.9 Å². The fraction of sp³-hybridized carbons (Fsp3) is 0. The molecule has 0 bridgehead atoms. The van der Waals surface area contributed by atoms with E-state index in [1.807, 2.05) is 11.8 Å². The van der Waals surface area contributed by atoms with Gasteiger partial charge in [-0.05, 0) is 75.3 Å². The van der Waals surface area contributed by atoms with Crippen molar-refractivity contribution in [3.05, 3.63) is 140 Å². The van der Waals surface area contributed by atoms with E-state index in [-0.39, 0.29) is 0 Å². The van der Waals surface area contributed by atoms with Crippen LogP contribution in [0.5, 0.6) is 0 Å². The molecule has 186 valence electrons. The van der Waals surface area contributed by atoms with Crippen LogP contribution in [0, 0.1) is 0 Å². The fourth-order valence-electron chi connectivity index (χ4n) is 6.65. The Morgan fingerprint density at radius 1 is 0.475 bits per heavy atom. The van der Waals surface area contributed by atoms with Crippen molar-refractivity contribution in [3.63, 3.8) is 0 Å². The van der Waals surface area contributed by atoms with Gasteiger partial charge in [0, 0.05) is 37.2 Å². The summed E-state index contributed by atoms with van der Waals surface area (Å²) < 4.78 is 2.46. The molecule has 0 saturated heterocycles. The second kappa shape index (κ2) is 8.35. The van der Waals surface area contributed by atoms with E-state index in [1.54, 1.807) is 0 Å². The number of nitrogens with zero attached hydrogens (tertiary/aromatic N) is 1. The molecule has 9 rings (SSSR count). The van der Waals surface area contributed by atoms with Crippen molar-refractivity contribution in [2.75, 3.05) is 0 Å². The van der Waals surface area contributed by atoms with Crippen LogP contribution in [0.1, 0.15) is 0 Å². The Morgan fingerprint density at radius 3 is 2.12 bits per heavy atom. The topological polar surface area (TPSA) is 4.93 Å². The van der Waals surface area contributed by atoms with Crippen LogP contribution >= 0.6 is 11.8 Å². The lowest BCUT2D eigenvalue weighted by Crippen LogP contribution is -1.97. The van der Waals surface area contributed by atoms with E-state index in [0.717, 1.165) is 0 Å². The van der Waals surface area contributed by atoms with Crippen molar-refractivity contribution in [2.45, 2.75) is 9.79 Å². The Hall–Kier alpha value is -4.79. The molecule has 0 radical (unpaired) electrons. The minimum absolute atomic E-state index is 1.18. The van der Waals surface area contributed by atoms with Gasteiger partial charge >= 0.3 is 0 Å². The lowest BCUT2D eigenvalue weighted by atomic mass is 9.91. The Kier molecular flexibility index (Phi) is 4.61. The van der Waals surface area contributed by atoms with Gasteiger partial charge in [-0.3, -0.25) is 0 Å². The van der Waals surface area contributed by atoms with E-state index < -0.39 is 0 Å². The molecule has 2 heteroatoms. The first-order valence-electron chi connectivity index (χ1n) is 13.7. The van der Waals surface area contributed by atoms with Crippen molar-refractivity contribution < 1.29 is 0 Å². The van der Waals surface area contributed by atoms with Gasteiger partial charge in [-0.25, -0.2) is 0 Å². The Morgan fingerprint density at radius 2 is 1.23 bits per heavy atom. The fourth-order valence-corrected chi connectivity index (χ4v) is 7.78. The summed E-state index contributed by atoms with van der Waals surface area (Å²) in [6.07, 6.45) is 0. The summed E-state index contributed by atoms with van der Waals surface area (Å²) in [6, 6.07) is 51.2. The second-order valence-electron chi connectivity index (χ2n) is 10.5. The average molecular weight is 526 g/mol. The van der Waals surface area contributed by atoms with E-state index in [1.165, 1.54) is 81.1 Å². The maximum atomic E-state index is 2.46. The number of benzene rings is 7. The predicted octanol–water partition coefficient (Wildman–Crippen LogP) is 10.9. The third kappa shape index (κ3) is 3.05. The van der Waals surface area contributed by atoms with E-state index in [4.69, 9.17) is 0 Å². The molecule has 0 saturated carbocycles. The molecule has 1 nitrogen and oxygen atoms in total. The zero-order valence-corrected chi connectivity index (χ0v) is 22.5. The first kappa shape index (κ1) is 22.1. The Labute approximate surface area is 236 Å². The van der Waals surface area contributed by atoms with E-state index in [0.29, 0.717) is 0 Å². The molecular weight excluding hydrogens is 502 g/mol. The van der Waals surface area contributed by atoms with Crippen molar-refractivity contribution >= 4 is 55.1 Å². The molecule has 1 aliphatic rings. The number of para-hydroxylation sites is 2. The van der Waals surface area contributed by atoms with Gasteiger partial charge < -0.3 is 4.57 Å². The van der Waals surface area contributed by atoms with Crippen LogP contribution in [0.3, 0.4) is 0 Å². The highest BCUT2D eigenvalue weighted by Gasteiger charge is 2.23. The van der Waals surface area contributed by atoms with Crippen LogP contribution in [-0.2, 0) is 0 Å². The molecule has 7 aromatic carbocycles. The van der Waals surface area contributed by atoms with Gasteiger partial charge in [0.2, 0.25) is 0 Å². The zero-order valence-electron chi connectivity index (χ0n) is 21.6. The highest BCUT2D eigenvalue weighted by molar-refractivity contribution is 7.99. The van der Waals surface area contributed by atoms with Crippen LogP contribution < -0.4 is 0 Å². The molecule has 0 aliphatic carbocycles. The van der Waals surface area contributed by atoms with E-state index in [9.17, 15) is 0 Å². The maximum Gasteiger partial charge on any atom is 0.0625 e. The Bertz CT molecular complexity index is 2290. The summed E-state index contributed by atoms with van der Waals surface area (Å²) in [5.41, 5.74) is 8.83. The van der Waals surface area contributed by atoms with Crippen molar-refractivity contribution in [2.24, 2.45) is 0 Å². The molecule has 0 unspecified atom stereocenters. The quantitative estimate of drug-likeness (QED) is 0.217. The summed E-state index contributed by atoms with van der Waals surface area (Å²) in [5, 5.41) is 7.77. The molecule has 40 heavy (non-hydrogen) atoms. The summed E-state index contributed by atoms with van der Waals surface area (Å²) >= 11 is 1.88. The number of hydrogen-bond donors (Lipinski definition) is 0. The lowest BCUT2D eigenvalue weighted by molar-refractivity contribution is 1.18. The van der Waals surface area contributed by atoms with Gasteiger partial charge in [0.05, 0.1) is 11.0 Å². The summed E-state index contributed by atoms with van der Waals surface area (Å²) in [7, 11) is 0. The number of rotatable bonds is 2. The molecule has 0 amide bonds. The third-order valence-corrected chi connectivity index (χ3v) is 9.48. The monoisotopic (exact) mass is 525 g/mol. The summed E-state index contributed by atoms with van der Waals surface area (Å²) in [5.74, 6) is 0. The first-order valence-corrected chi connectivity index (χ1v) is 14.5. The molecule has 0 spiro atoms. The minimum Gasteiger partial charge on any atom is -0.309 e. The summed E-state index contributed by atoms with van der Waals surface area (Å²) in [6.45, 7) is 0. The highest BCUT2D eigenvalue weighted by Crippen LogP contribution is 2.50. The van der Waals surface area contributed by atoms with Crippen LogP contribution in [-0.4, -0.2) is 4.57 Å². The smallest absolute Gasteiger partial charge is 0.0625 e. The molecule has 0 atom stereocenters. The second-order valence-corrected chi connectivity index (χ2v) is 11.6. The third-order valence-electron chi connectivity index (χ3n) is 8.34. The van der Waals surface area contributed by atoms with Crippen LogP contribution in [0.25, 0.3) is 71.3 Å². The predicted molar refractivity (Wildman–Crippen MR) is 171 cm³/mol. The van der Waals surface area contributed by atoms with Crippen LogP contribution in [0.15, 0.2) is 149 Å². The average Bonchev–Trinajstić information content (AvgIpc) is 3.34. The van der Waals surface area contributed by atoms with Crippen LogP contribution in [0.4, 0.5) is 0 Å². The minimum atomic E-state index is 1.18. The van der Waals surface area contributed by atoms with Gasteiger partial charge in [0.25, 0.3) is 0 Å². The van der Waals surface area contributed by atoms with E-state index >= 15 is 0 Å². The molecule has 0 fully saturated rings. The van der Waals surface area contributed by atoms with Gasteiger partial charge in [0.15, 0.2) is 0 Å². The zero-order chi connectivity index (χ0) is 26.2. The van der Waals surface area contributed by atoms with Gasteiger partial charge in [-0.2, -0.15) is 0 Å². The summed E-state index contributed by atoms with van der Waals surface area (Å²) in [4.78, 5) is 2.65. The molecule has 0 N–H and O–H groups in total. The largest absolute Gasteiger partial charge is 0.309 e. The van der Waals surface area contributed by atoms with Gasteiger partial charge in [-0.15, -0.1) is 0 Å². The number of fused-ring (bicyclic) bond motifs is 6. The normalized spacial score (nSPS) is 12.4. The van der Waals surface area contributed by atoms with Crippen molar-refractivity contribution in [1.82, 2.24) is 4.57 Å². The molecule has 2 heterocycles. The lowest BCUT2D eigenvalue weighted by Gasteiger charge is -2.22.